The van der Waals surface area contributed by atoms with Gasteiger partial charge in [-0.05, 0) is 39.2 Å². The summed E-state index contributed by atoms with van der Waals surface area (Å²) in [6.07, 6.45) is 5.24. The van der Waals surface area contributed by atoms with E-state index < -0.39 is 0 Å². The van der Waals surface area contributed by atoms with Crippen LogP contribution in [0.5, 0.6) is 0 Å². The van der Waals surface area contributed by atoms with Crippen LogP contribution in [0, 0.1) is 5.41 Å². The third-order valence-electron chi connectivity index (χ3n) is 3.67. The zero-order chi connectivity index (χ0) is 12.0. The zero-order valence-electron chi connectivity index (χ0n) is 10.9. The van der Waals surface area contributed by atoms with E-state index in [1.54, 1.807) is 0 Å². The molecule has 0 aromatic carbocycles. The SMILES string of the molecule is CCCC1(C(=O)NC(C)CC)CCCNC1. The van der Waals surface area contributed by atoms with Gasteiger partial charge < -0.3 is 10.6 Å². The predicted molar refractivity (Wildman–Crippen MR) is 67.3 cm³/mol. The smallest absolute Gasteiger partial charge is 0.227 e. The quantitative estimate of drug-likeness (QED) is 0.753. The molecule has 2 atom stereocenters. The standard InChI is InChI=1S/C13H26N2O/c1-4-7-13(8-6-9-14-10-13)12(16)15-11(3)5-2/h11,14H,4-10H2,1-3H3,(H,15,16). The Morgan fingerprint density at radius 3 is 2.75 bits per heavy atom. The van der Waals surface area contributed by atoms with Gasteiger partial charge in [0.2, 0.25) is 5.91 Å². The van der Waals surface area contributed by atoms with Crippen LogP contribution < -0.4 is 10.6 Å². The zero-order valence-corrected chi connectivity index (χ0v) is 10.9. The molecule has 0 bridgehead atoms. The maximum absolute atomic E-state index is 12.3. The van der Waals surface area contributed by atoms with Crippen LogP contribution in [-0.2, 0) is 4.79 Å². The largest absolute Gasteiger partial charge is 0.353 e. The van der Waals surface area contributed by atoms with Crippen molar-refractivity contribution in [2.24, 2.45) is 5.41 Å². The summed E-state index contributed by atoms with van der Waals surface area (Å²) in [7, 11) is 0. The highest BCUT2D eigenvalue weighted by Gasteiger charge is 2.38. The fourth-order valence-corrected chi connectivity index (χ4v) is 2.45. The monoisotopic (exact) mass is 226 g/mol. The van der Waals surface area contributed by atoms with E-state index in [2.05, 4.69) is 31.4 Å². The van der Waals surface area contributed by atoms with E-state index in [4.69, 9.17) is 0 Å². The highest BCUT2D eigenvalue weighted by atomic mass is 16.2. The minimum Gasteiger partial charge on any atom is -0.353 e. The summed E-state index contributed by atoms with van der Waals surface area (Å²) in [5, 5.41) is 6.52. The highest BCUT2D eigenvalue weighted by Crippen LogP contribution is 2.32. The minimum atomic E-state index is -0.142. The van der Waals surface area contributed by atoms with E-state index in [-0.39, 0.29) is 11.3 Å². The van der Waals surface area contributed by atoms with Crippen molar-refractivity contribution in [3.05, 3.63) is 0 Å². The van der Waals surface area contributed by atoms with E-state index in [1.807, 2.05) is 0 Å². The molecule has 1 amide bonds. The molecular weight excluding hydrogens is 200 g/mol. The topological polar surface area (TPSA) is 41.1 Å². The maximum atomic E-state index is 12.3. The average molecular weight is 226 g/mol. The average Bonchev–Trinajstić information content (AvgIpc) is 2.30. The van der Waals surface area contributed by atoms with Crippen molar-refractivity contribution in [2.45, 2.75) is 58.9 Å². The van der Waals surface area contributed by atoms with Crippen molar-refractivity contribution in [2.75, 3.05) is 13.1 Å². The second kappa shape index (κ2) is 6.24. The van der Waals surface area contributed by atoms with Crippen molar-refractivity contribution in [1.82, 2.24) is 10.6 Å². The fourth-order valence-electron chi connectivity index (χ4n) is 2.45. The summed E-state index contributed by atoms with van der Waals surface area (Å²) in [6, 6.07) is 0.295. The summed E-state index contributed by atoms with van der Waals surface area (Å²) >= 11 is 0. The summed E-state index contributed by atoms with van der Waals surface area (Å²) in [5.74, 6) is 0.260. The molecule has 0 aromatic heterocycles. The Balaban J connectivity index is 2.64. The van der Waals surface area contributed by atoms with Crippen LogP contribution in [-0.4, -0.2) is 25.0 Å². The van der Waals surface area contributed by atoms with Crippen LogP contribution in [0.15, 0.2) is 0 Å². The lowest BCUT2D eigenvalue weighted by Gasteiger charge is -2.37. The molecule has 2 N–H and O–H groups in total. The minimum absolute atomic E-state index is 0.142. The number of carbonyl (C=O) groups excluding carboxylic acids is 1. The van der Waals surface area contributed by atoms with E-state index in [0.717, 1.165) is 45.2 Å². The molecule has 94 valence electrons. The van der Waals surface area contributed by atoms with E-state index >= 15 is 0 Å². The van der Waals surface area contributed by atoms with Gasteiger partial charge in [0.15, 0.2) is 0 Å². The Kier molecular flexibility index (Phi) is 5.26. The van der Waals surface area contributed by atoms with E-state index in [9.17, 15) is 4.79 Å². The summed E-state index contributed by atoms with van der Waals surface area (Å²) in [5.41, 5.74) is -0.142. The summed E-state index contributed by atoms with van der Waals surface area (Å²) < 4.78 is 0. The molecule has 0 radical (unpaired) electrons. The Bertz CT molecular complexity index is 216. The number of piperidine rings is 1. The third-order valence-corrected chi connectivity index (χ3v) is 3.67. The van der Waals surface area contributed by atoms with Gasteiger partial charge in [-0.25, -0.2) is 0 Å². The van der Waals surface area contributed by atoms with Gasteiger partial charge in [0, 0.05) is 12.6 Å². The van der Waals surface area contributed by atoms with Gasteiger partial charge in [0.25, 0.3) is 0 Å². The molecule has 3 heteroatoms. The van der Waals surface area contributed by atoms with Crippen LogP contribution in [0.25, 0.3) is 0 Å². The molecule has 0 spiro atoms. The Hall–Kier alpha value is -0.570. The van der Waals surface area contributed by atoms with E-state index in [1.165, 1.54) is 0 Å². The molecule has 3 nitrogen and oxygen atoms in total. The second-order valence-electron chi connectivity index (χ2n) is 5.09. The number of hydrogen-bond donors (Lipinski definition) is 2. The van der Waals surface area contributed by atoms with Gasteiger partial charge in [0.05, 0.1) is 5.41 Å². The first kappa shape index (κ1) is 13.5. The van der Waals surface area contributed by atoms with Gasteiger partial charge in [-0.2, -0.15) is 0 Å². The first-order valence-corrected chi connectivity index (χ1v) is 6.66. The fraction of sp³-hybridized carbons (Fsp3) is 0.923. The van der Waals surface area contributed by atoms with Gasteiger partial charge in [-0.15, -0.1) is 0 Å². The molecule has 0 saturated carbocycles. The number of hydrogen-bond acceptors (Lipinski definition) is 2. The first-order valence-electron chi connectivity index (χ1n) is 6.66. The molecule has 1 aliphatic heterocycles. The highest BCUT2D eigenvalue weighted by molar-refractivity contribution is 5.83. The lowest BCUT2D eigenvalue weighted by molar-refractivity contribution is -0.133. The molecular formula is C13H26N2O. The normalized spacial score (nSPS) is 27.4. The molecule has 1 saturated heterocycles. The van der Waals surface area contributed by atoms with Crippen LogP contribution in [0.3, 0.4) is 0 Å². The number of amides is 1. The van der Waals surface area contributed by atoms with Crippen molar-refractivity contribution in [3.8, 4) is 0 Å². The number of carbonyl (C=O) groups is 1. The maximum Gasteiger partial charge on any atom is 0.227 e. The Labute approximate surface area is 99.4 Å². The van der Waals surface area contributed by atoms with Gasteiger partial charge >= 0.3 is 0 Å². The second-order valence-corrected chi connectivity index (χ2v) is 5.09. The molecule has 1 rings (SSSR count). The van der Waals surface area contributed by atoms with Crippen molar-refractivity contribution in [1.29, 1.82) is 0 Å². The number of rotatable bonds is 5. The molecule has 0 aromatic rings. The van der Waals surface area contributed by atoms with Gasteiger partial charge in [0.1, 0.15) is 0 Å². The van der Waals surface area contributed by atoms with Crippen molar-refractivity contribution in [3.63, 3.8) is 0 Å². The molecule has 1 heterocycles. The predicted octanol–water partition coefficient (Wildman–Crippen LogP) is 2.07. The molecule has 16 heavy (non-hydrogen) atoms. The van der Waals surface area contributed by atoms with Crippen LogP contribution in [0.2, 0.25) is 0 Å². The van der Waals surface area contributed by atoms with Crippen molar-refractivity contribution < 1.29 is 4.79 Å². The Morgan fingerprint density at radius 1 is 1.50 bits per heavy atom. The third kappa shape index (κ3) is 3.21. The molecule has 2 unspecified atom stereocenters. The lowest BCUT2D eigenvalue weighted by Crippen LogP contribution is -2.52. The first-order chi connectivity index (χ1) is 7.64. The molecule has 1 aliphatic rings. The Morgan fingerprint density at radius 2 is 2.25 bits per heavy atom. The van der Waals surface area contributed by atoms with Crippen LogP contribution in [0.1, 0.15) is 52.9 Å². The van der Waals surface area contributed by atoms with Crippen LogP contribution in [0.4, 0.5) is 0 Å². The van der Waals surface area contributed by atoms with E-state index in [0.29, 0.717) is 6.04 Å². The van der Waals surface area contributed by atoms with Gasteiger partial charge in [-0.3, -0.25) is 4.79 Å². The number of nitrogens with one attached hydrogen (secondary N) is 2. The summed E-state index contributed by atoms with van der Waals surface area (Å²) in [6.45, 7) is 8.25. The lowest BCUT2D eigenvalue weighted by atomic mass is 9.76. The van der Waals surface area contributed by atoms with Crippen molar-refractivity contribution >= 4 is 5.91 Å². The molecule has 0 aliphatic carbocycles. The van der Waals surface area contributed by atoms with Crippen LogP contribution >= 0.6 is 0 Å². The molecule has 1 fully saturated rings. The summed E-state index contributed by atoms with van der Waals surface area (Å²) in [4.78, 5) is 12.3. The van der Waals surface area contributed by atoms with Gasteiger partial charge in [-0.1, -0.05) is 20.3 Å².